The van der Waals surface area contributed by atoms with Crippen LogP contribution in [0.1, 0.15) is 0 Å². The minimum Gasteiger partial charge on any atom is -0.268 e. The van der Waals surface area contributed by atoms with Crippen molar-refractivity contribution in [2.75, 3.05) is 0 Å². The average molecular weight is 477 g/mol. The lowest BCUT2D eigenvalue weighted by atomic mass is 10.1. The van der Waals surface area contributed by atoms with Crippen LogP contribution in [0, 0.1) is 0 Å². The van der Waals surface area contributed by atoms with Gasteiger partial charge in [0.15, 0.2) is 5.65 Å². The van der Waals surface area contributed by atoms with E-state index in [1.54, 1.807) is 45.9 Å². The molecule has 0 radical (unpaired) electrons. The molecule has 0 saturated carbocycles. The van der Waals surface area contributed by atoms with Gasteiger partial charge in [0, 0.05) is 22.3 Å². The number of rotatable bonds is 4. The van der Waals surface area contributed by atoms with E-state index in [0.29, 0.717) is 27.6 Å². The fourth-order valence-corrected chi connectivity index (χ4v) is 4.12. The summed E-state index contributed by atoms with van der Waals surface area (Å²) in [6.45, 7) is 0. The number of nitrogens with zero attached hydrogens (tertiary/aromatic N) is 6. The van der Waals surface area contributed by atoms with Crippen LogP contribution in [0.2, 0.25) is 5.02 Å². The molecule has 0 unspecified atom stereocenters. The van der Waals surface area contributed by atoms with Gasteiger partial charge in [0.25, 0.3) is 5.56 Å². The van der Waals surface area contributed by atoms with E-state index in [1.807, 2.05) is 66.7 Å². The number of hydrogen-bond donors (Lipinski definition) is 0. The Balaban J connectivity index is 1.59. The first kappa shape index (κ1) is 20.9. The summed E-state index contributed by atoms with van der Waals surface area (Å²) >= 11 is 6.11. The van der Waals surface area contributed by atoms with Gasteiger partial charge in [0.2, 0.25) is 0 Å². The van der Waals surface area contributed by atoms with Crippen molar-refractivity contribution in [3.05, 3.63) is 119 Å². The maximum Gasteiger partial charge on any atom is 0.269 e. The Morgan fingerprint density at radius 2 is 1.49 bits per heavy atom. The van der Waals surface area contributed by atoms with Gasteiger partial charge in [-0.15, -0.1) is 0 Å². The molecular weight excluding hydrogens is 460 g/mol. The zero-order valence-electron chi connectivity index (χ0n) is 18.3. The number of aromatic nitrogens is 6. The van der Waals surface area contributed by atoms with Crippen LogP contribution in [-0.2, 0) is 0 Å². The predicted molar refractivity (Wildman–Crippen MR) is 136 cm³/mol. The highest BCUT2D eigenvalue weighted by molar-refractivity contribution is 6.30. The number of para-hydroxylation sites is 1. The molecule has 0 fully saturated rings. The van der Waals surface area contributed by atoms with Gasteiger partial charge in [-0.2, -0.15) is 15.3 Å². The number of hydrogen-bond acceptors (Lipinski definition) is 5. The molecule has 3 aromatic carbocycles. The highest BCUT2D eigenvalue weighted by Crippen LogP contribution is 2.26. The van der Waals surface area contributed by atoms with E-state index in [1.165, 1.54) is 0 Å². The van der Waals surface area contributed by atoms with Crippen LogP contribution in [0.5, 0.6) is 0 Å². The second-order valence-electron chi connectivity index (χ2n) is 7.87. The van der Waals surface area contributed by atoms with E-state index >= 15 is 0 Å². The van der Waals surface area contributed by atoms with Gasteiger partial charge in [0.05, 0.1) is 23.3 Å². The SMILES string of the molecule is O=c1c2cnn(-c3ccccc3)c2nc(-c2ccc(-c3cccnn3)cc2)n1-c1ccc(Cl)cc1. The van der Waals surface area contributed by atoms with E-state index in [9.17, 15) is 4.79 Å². The summed E-state index contributed by atoms with van der Waals surface area (Å²) in [5.41, 5.74) is 4.20. The lowest BCUT2D eigenvalue weighted by Crippen LogP contribution is -2.22. The highest BCUT2D eigenvalue weighted by atomic mass is 35.5. The van der Waals surface area contributed by atoms with Crippen molar-refractivity contribution in [2.45, 2.75) is 0 Å². The van der Waals surface area contributed by atoms with Crippen LogP contribution in [0.15, 0.2) is 108 Å². The molecule has 0 aliphatic heterocycles. The van der Waals surface area contributed by atoms with Crippen LogP contribution < -0.4 is 5.56 Å². The van der Waals surface area contributed by atoms with Crippen molar-refractivity contribution in [2.24, 2.45) is 0 Å². The van der Waals surface area contributed by atoms with Gasteiger partial charge < -0.3 is 0 Å². The molecule has 35 heavy (non-hydrogen) atoms. The van der Waals surface area contributed by atoms with Gasteiger partial charge in [-0.1, -0.05) is 54.1 Å². The average Bonchev–Trinajstić information content (AvgIpc) is 3.35. The van der Waals surface area contributed by atoms with Crippen LogP contribution in [0.4, 0.5) is 0 Å². The Labute approximate surface area is 204 Å². The van der Waals surface area contributed by atoms with Crippen molar-refractivity contribution in [1.29, 1.82) is 0 Å². The maximum atomic E-state index is 13.8. The molecule has 0 saturated heterocycles. The summed E-state index contributed by atoms with van der Waals surface area (Å²) in [6, 6.07) is 28.2. The lowest BCUT2D eigenvalue weighted by molar-refractivity contribution is 0.888. The van der Waals surface area contributed by atoms with E-state index in [2.05, 4.69) is 15.3 Å². The van der Waals surface area contributed by atoms with Gasteiger partial charge in [0.1, 0.15) is 11.2 Å². The Hall–Kier alpha value is -4.62. The van der Waals surface area contributed by atoms with E-state index in [-0.39, 0.29) is 5.56 Å². The van der Waals surface area contributed by atoms with Crippen molar-refractivity contribution >= 4 is 22.6 Å². The summed E-state index contributed by atoms with van der Waals surface area (Å²) < 4.78 is 3.27. The molecule has 7 nitrogen and oxygen atoms in total. The molecule has 6 rings (SSSR count). The molecule has 0 amide bonds. The van der Waals surface area contributed by atoms with E-state index in [0.717, 1.165) is 22.5 Å². The zero-order chi connectivity index (χ0) is 23.8. The van der Waals surface area contributed by atoms with E-state index in [4.69, 9.17) is 16.6 Å². The van der Waals surface area contributed by atoms with Crippen LogP contribution in [0.25, 0.3) is 45.1 Å². The first-order valence-electron chi connectivity index (χ1n) is 10.9. The smallest absolute Gasteiger partial charge is 0.268 e. The third kappa shape index (κ3) is 3.78. The van der Waals surface area contributed by atoms with Crippen LogP contribution in [-0.4, -0.2) is 29.5 Å². The molecule has 168 valence electrons. The minimum absolute atomic E-state index is 0.215. The van der Waals surface area contributed by atoms with Crippen molar-refractivity contribution < 1.29 is 0 Å². The topological polar surface area (TPSA) is 78.5 Å². The second-order valence-corrected chi connectivity index (χ2v) is 8.30. The quantitative estimate of drug-likeness (QED) is 0.343. The Morgan fingerprint density at radius 1 is 0.743 bits per heavy atom. The van der Waals surface area contributed by atoms with Crippen LogP contribution >= 0.6 is 11.6 Å². The van der Waals surface area contributed by atoms with Gasteiger partial charge in [-0.3, -0.25) is 9.36 Å². The molecular formula is C27H17ClN6O. The highest BCUT2D eigenvalue weighted by Gasteiger charge is 2.18. The van der Waals surface area contributed by atoms with Crippen molar-refractivity contribution in [1.82, 2.24) is 29.5 Å². The normalized spacial score (nSPS) is 11.1. The zero-order valence-corrected chi connectivity index (χ0v) is 19.0. The molecule has 0 aliphatic rings. The summed E-state index contributed by atoms with van der Waals surface area (Å²) in [5, 5.41) is 13.6. The monoisotopic (exact) mass is 476 g/mol. The largest absolute Gasteiger partial charge is 0.269 e. The Morgan fingerprint density at radius 3 is 2.20 bits per heavy atom. The fraction of sp³-hybridized carbons (Fsp3) is 0. The molecule has 3 aromatic heterocycles. The van der Waals surface area contributed by atoms with Gasteiger partial charge in [-0.25, -0.2) is 9.67 Å². The number of fused-ring (bicyclic) bond motifs is 1. The Kier molecular flexibility index (Phi) is 5.16. The first-order chi connectivity index (χ1) is 17.2. The fourth-order valence-electron chi connectivity index (χ4n) is 3.99. The van der Waals surface area contributed by atoms with Gasteiger partial charge >= 0.3 is 0 Å². The van der Waals surface area contributed by atoms with Crippen molar-refractivity contribution in [3.8, 4) is 34.0 Å². The van der Waals surface area contributed by atoms with Gasteiger partial charge in [-0.05, 0) is 48.5 Å². The first-order valence-corrected chi connectivity index (χ1v) is 11.3. The molecule has 0 atom stereocenters. The molecule has 8 heteroatoms. The summed E-state index contributed by atoms with van der Waals surface area (Å²) in [5.74, 6) is 0.494. The summed E-state index contributed by atoms with van der Waals surface area (Å²) in [6.07, 6.45) is 3.20. The molecule has 0 aliphatic carbocycles. The summed E-state index contributed by atoms with van der Waals surface area (Å²) in [7, 11) is 0. The van der Waals surface area contributed by atoms with E-state index < -0.39 is 0 Å². The molecule has 0 bridgehead atoms. The second kappa shape index (κ2) is 8.62. The number of benzene rings is 3. The number of halogens is 1. The summed E-state index contributed by atoms with van der Waals surface area (Å²) in [4.78, 5) is 18.7. The maximum absolute atomic E-state index is 13.8. The third-order valence-corrected chi connectivity index (χ3v) is 5.95. The predicted octanol–water partition coefficient (Wildman–Crippen LogP) is 5.35. The molecule has 6 aromatic rings. The standard InChI is InChI=1S/C27H17ClN6O/c28-20-12-14-21(15-13-20)33-25(19-10-8-18(9-11-19)24-7-4-16-29-32-24)31-26-23(27(33)35)17-30-34(26)22-5-2-1-3-6-22/h1-17H. The van der Waals surface area contributed by atoms with Crippen LogP contribution in [0.3, 0.4) is 0 Å². The minimum atomic E-state index is -0.215. The Bertz CT molecular complexity index is 1690. The third-order valence-electron chi connectivity index (χ3n) is 5.70. The lowest BCUT2D eigenvalue weighted by Gasteiger charge is -2.14. The molecule has 3 heterocycles. The van der Waals surface area contributed by atoms with Crippen molar-refractivity contribution in [3.63, 3.8) is 0 Å². The molecule has 0 N–H and O–H groups in total. The molecule has 0 spiro atoms.